The summed E-state index contributed by atoms with van der Waals surface area (Å²) in [4.78, 5) is 4.10. The van der Waals surface area contributed by atoms with Crippen molar-refractivity contribution < 1.29 is 0 Å². The molecule has 0 bridgehead atoms. The predicted octanol–water partition coefficient (Wildman–Crippen LogP) is 3.85. The standard InChI is InChI=1S/C16H24N2/c1-13(14-6-11-17-12-7-14)18-15-5-10-16(15)8-3-2-4-9-16/h6-7,11-13,15,18H,2-5,8-10H2,1H3/t13-,15?/m1/s1. The van der Waals surface area contributed by atoms with E-state index in [-0.39, 0.29) is 0 Å². The SMILES string of the molecule is C[C@@H](NC1CCC12CCCCC2)c1ccncc1. The Morgan fingerprint density at radius 2 is 1.89 bits per heavy atom. The topological polar surface area (TPSA) is 24.9 Å². The third-order valence-electron chi connectivity index (χ3n) is 5.18. The van der Waals surface area contributed by atoms with Crippen molar-refractivity contribution >= 4 is 0 Å². The second kappa shape index (κ2) is 5.00. The van der Waals surface area contributed by atoms with E-state index in [0.29, 0.717) is 11.5 Å². The van der Waals surface area contributed by atoms with E-state index < -0.39 is 0 Å². The molecule has 1 aromatic heterocycles. The Kier molecular flexibility index (Phi) is 3.38. The summed E-state index contributed by atoms with van der Waals surface area (Å²) in [5.41, 5.74) is 2.02. The summed E-state index contributed by atoms with van der Waals surface area (Å²) in [7, 11) is 0. The molecule has 98 valence electrons. The first-order valence-electron chi connectivity index (χ1n) is 7.46. The summed E-state index contributed by atoms with van der Waals surface area (Å²) in [6.45, 7) is 2.28. The highest BCUT2D eigenvalue weighted by Gasteiger charge is 2.46. The first-order valence-corrected chi connectivity index (χ1v) is 7.46. The molecule has 0 amide bonds. The summed E-state index contributed by atoms with van der Waals surface area (Å²) in [6, 6.07) is 5.46. The van der Waals surface area contributed by atoms with E-state index in [4.69, 9.17) is 0 Å². The van der Waals surface area contributed by atoms with Gasteiger partial charge in [0.05, 0.1) is 0 Å². The van der Waals surface area contributed by atoms with Gasteiger partial charge in [0.15, 0.2) is 0 Å². The van der Waals surface area contributed by atoms with Crippen LogP contribution in [0.2, 0.25) is 0 Å². The lowest BCUT2D eigenvalue weighted by atomic mass is 9.57. The lowest BCUT2D eigenvalue weighted by Gasteiger charge is -2.53. The molecule has 2 nitrogen and oxygen atoms in total. The lowest BCUT2D eigenvalue weighted by molar-refractivity contribution is 0.0174. The van der Waals surface area contributed by atoms with Gasteiger partial charge in [0.25, 0.3) is 0 Å². The molecule has 1 aromatic rings. The molecule has 18 heavy (non-hydrogen) atoms. The van der Waals surface area contributed by atoms with Crippen molar-refractivity contribution in [3.63, 3.8) is 0 Å². The average molecular weight is 244 g/mol. The summed E-state index contributed by atoms with van der Waals surface area (Å²) in [5, 5.41) is 3.87. The molecule has 1 heterocycles. The Labute approximate surface area is 110 Å². The van der Waals surface area contributed by atoms with Crippen molar-refractivity contribution in [3.05, 3.63) is 30.1 Å². The molecule has 2 fully saturated rings. The van der Waals surface area contributed by atoms with Crippen LogP contribution in [0.25, 0.3) is 0 Å². The van der Waals surface area contributed by atoms with E-state index in [2.05, 4.69) is 29.4 Å². The van der Waals surface area contributed by atoms with Gasteiger partial charge in [-0.15, -0.1) is 0 Å². The minimum absolute atomic E-state index is 0.456. The first kappa shape index (κ1) is 12.2. The molecule has 0 aromatic carbocycles. The van der Waals surface area contributed by atoms with Crippen molar-refractivity contribution in [2.75, 3.05) is 0 Å². The molecule has 2 heteroatoms. The maximum absolute atomic E-state index is 4.10. The van der Waals surface area contributed by atoms with Crippen LogP contribution in [-0.2, 0) is 0 Å². The molecule has 0 saturated heterocycles. The van der Waals surface area contributed by atoms with Crippen molar-refractivity contribution in [3.8, 4) is 0 Å². The van der Waals surface area contributed by atoms with Gasteiger partial charge in [-0.3, -0.25) is 4.98 Å². The van der Waals surface area contributed by atoms with E-state index in [1.165, 1.54) is 50.5 Å². The fraction of sp³-hybridized carbons (Fsp3) is 0.688. The third-order valence-corrected chi connectivity index (χ3v) is 5.18. The molecule has 1 spiro atoms. The highest BCUT2D eigenvalue weighted by molar-refractivity contribution is 5.15. The number of aromatic nitrogens is 1. The molecule has 2 aliphatic rings. The number of hydrogen-bond acceptors (Lipinski definition) is 2. The zero-order valence-electron chi connectivity index (χ0n) is 11.4. The number of pyridine rings is 1. The fourth-order valence-electron chi connectivity index (χ4n) is 3.86. The van der Waals surface area contributed by atoms with E-state index in [1.807, 2.05) is 12.4 Å². The van der Waals surface area contributed by atoms with E-state index in [1.54, 1.807) is 0 Å². The van der Waals surface area contributed by atoms with Crippen LogP contribution < -0.4 is 5.32 Å². The van der Waals surface area contributed by atoms with E-state index in [0.717, 1.165) is 6.04 Å². The van der Waals surface area contributed by atoms with Crippen LogP contribution >= 0.6 is 0 Å². The first-order chi connectivity index (χ1) is 8.80. The number of nitrogens with one attached hydrogen (secondary N) is 1. The van der Waals surface area contributed by atoms with Gasteiger partial charge in [0.1, 0.15) is 0 Å². The average Bonchev–Trinajstić information content (AvgIpc) is 2.45. The number of hydrogen-bond donors (Lipinski definition) is 1. The Morgan fingerprint density at radius 1 is 1.17 bits per heavy atom. The molecule has 0 radical (unpaired) electrons. The molecule has 0 aliphatic heterocycles. The molecule has 1 N–H and O–H groups in total. The highest BCUT2D eigenvalue weighted by atomic mass is 15.0. The third kappa shape index (κ3) is 2.18. The minimum atomic E-state index is 0.456. The summed E-state index contributed by atoms with van der Waals surface area (Å²) < 4.78 is 0. The Bertz CT molecular complexity index is 381. The van der Waals surface area contributed by atoms with Gasteiger partial charge in [-0.25, -0.2) is 0 Å². The summed E-state index contributed by atoms with van der Waals surface area (Å²) in [6.07, 6.45) is 13.9. The van der Waals surface area contributed by atoms with Crippen LogP contribution in [0.3, 0.4) is 0 Å². The van der Waals surface area contributed by atoms with Crippen LogP contribution in [0.15, 0.2) is 24.5 Å². The second-order valence-electron chi connectivity index (χ2n) is 6.18. The normalized spacial score (nSPS) is 27.7. The smallest absolute Gasteiger partial charge is 0.0295 e. The Balaban J connectivity index is 1.63. The minimum Gasteiger partial charge on any atom is -0.307 e. The zero-order chi connectivity index (χ0) is 12.4. The van der Waals surface area contributed by atoms with Crippen LogP contribution in [0.4, 0.5) is 0 Å². The molecule has 2 saturated carbocycles. The summed E-state index contributed by atoms with van der Waals surface area (Å²) in [5.74, 6) is 0. The fourth-order valence-corrected chi connectivity index (χ4v) is 3.86. The largest absolute Gasteiger partial charge is 0.307 e. The van der Waals surface area contributed by atoms with Gasteiger partial charge in [-0.1, -0.05) is 19.3 Å². The van der Waals surface area contributed by atoms with Crippen molar-refractivity contribution in [1.82, 2.24) is 10.3 Å². The molecule has 2 atom stereocenters. The maximum atomic E-state index is 4.10. The summed E-state index contributed by atoms with van der Waals surface area (Å²) >= 11 is 0. The van der Waals surface area contributed by atoms with Gasteiger partial charge in [-0.05, 0) is 55.7 Å². The van der Waals surface area contributed by atoms with Crippen molar-refractivity contribution in [2.45, 2.75) is 64.0 Å². The highest BCUT2D eigenvalue weighted by Crippen LogP contribution is 2.52. The number of nitrogens with zero attached hydrogens (tertiary/aromatic N) is 1. The quantitative estimate of drug-likeness (QED) is 0.873. The van der Waals surface area contributed by atoms with E-state index in [9.17, 15) is 0 Å². The van der Waals surface area contributed by atoms with Gasteiger partial charge < -0.3 is 5.32 Å². The number of rotatable bonds is 3. The molecule has 3 rings (SSSR count). The monoisotopic (exact) mass is 244 g/mol. The predicted molar refractivity (Wildman–Crippen MR) is 74.3 cm³/mol. The van der Waals surface area contributed by atoms with E-state index >= 15 is 0 Å². The van der Waals surface area contributed by atoms with Gasteiger partial charge >= 0.3 is 0 Å². The van der Waals surface area contributed by atoms with Crippen LogP contribution in [0.1, 0.15) is 63.5 Å². The van der Waals surface area contributed by atoms with Crippen molar-refractivity contribution in [2.24, 2.45) is 5.41 Å². The Hall–Kier alpha value is -0.890. The zero-order valence-corrected chi connectivity index (χ0v) is 11.4. The van der Waals surface area contributed by atoms with Gasteiger partial charge in [-0.2, -0.15) is 0 Å². The van der Waals surface area contributed by atoms with Crippen molar-refractivity contribution in [1.29, 1.82) is 0 Å². The second-order valence-corrected chi connectivity index (χ2v) is 6.18. The molecule has 1 unspecified atom stereocenters. The van der Waals surface area contributed by atoms with Crippen LogP contribution in [-0.4, -0.2) is 11.0 Å². The lowest BCUT2D eigenvalue weighted by Crippen LogP contribution is -2.54. The Morgan fingerprint density at radius 3 is 2.50 bits per heavy atom. The molecule has 2 aliphatic carbocycles. The van der Waals surface area contributed by atoms with Crippen LogP contribution in [0, 0.1) is 5.41 Å². The maximum Gasteiger partial charge on any atom is 0.0295 e. The van der Waals surface area contributed by atoms with Gasteiger partial charge in [0.2, 0.25) is 0 Å². The molecular formula is C16H24N2. The van der Waals surface area contributed by atoms with Gasteiger partial charge in [0, 0.05) is 24.5 Å². The van der Waals surface area contributed by atoms with Crippen LogP contribution in [0.5, 0.6) is 0 Å². The molecular weight excluding hydrogens is 220 g/mol.